The van der Waals surface area contributed by atoms with Gasteiger partial charge >= 0.3 is 6.18 Å². The predicted molar refractivity (Wildman–Crippen MR) is 107 cm³/mol. The van der Waals surface area contributed by atoms with Gasteiger partial charge in [-0.3, -0.25) is 14.2 Å². The highest BCUT2D eigenvalue weighted by Gasteiger charge is 2.40. The molecule has 1 amide bonds. The normalized spacial score (nSPS) is 13.0. The summed E-state index contributed by atoms with van der Waals surface area (Å²) >= 11 is 0. The van der Waals surface area contributed by atoms with Crippen molar-refractivity contribution >= 4 is 27.8 Å². The van der Waals surface area contributed by atoms with Crippen molar-refractivity contribution < 1.29 is 18.0 Å². The summed E-state index contributed by atoms with van der Waals surface area (Å²) in [6, 6.07) is 7.60. The van der Waals surface area contributed by atoms with E-state index in [1.54, 1.807) is 36.5 Å². The molecule has 8 nitrogen and oxygen atoms in total. The Labute approximate surface area is 172 Å². The highest BCUT2D eigenvalue weighted by molar-refractivity contribution is 5.87. The van der Waals surface area contributed by atoms with Gasteiger partial charge in [-0.05, 0) is 35.2 Å². The van der Waals surface area contributed by atoms with Crippen molar-refractivity contribution in [2.75, 3.05) is 0 Å². The first-order valence-corrected chi connectivity index (χ1v) is 9.25. The number of pyridine rings is 1. The second-order valence-corrected chi connectivity index (χ2v) is 6.98. The van der Waals surface area contributed by atoms with Crippen molar-refractivity contribution in [3.63, 3.8) is 0 Å². The number of aromatic nitrogens is 4. The van der Waals surface area contributed by atoms with Gasteiger partial charge in [-0.2, -0.15) is 13.2 Å². The minimum Gasteiger partial charge on any atom is -0.370 e. The van der Waals surface area contributed by atoms with Crippen molar-refractivity contribution in [1.82, 2.24) is 24.8 Å². The minimum absolute atomic E-state index is 0.137. The molecule has 4 N–H and O–H groups in total. The molecule has 0 saturated carbocycles. The Morgan fingerprint density at radius 3 is 2.74 bits per heavy atom. The van der Waals surface area contributed by atoms with Gasteiger partial charge < -0.3 is 16.0 Å². The van der Waals surface area contributed by atoms with E-state index in [0.29, 0.717) is 33.3 Å². The number of hydrogen-bond donors (Lipinski definition) is 3. The summed E-state index contributed by atoms with van der Waals surface area (Å²) in [4.78, 5) is 34.9. The number of carbonyl (C=O) groups is 1. The molecule has 3 heterocycles. The van der Waals surface area contributed by atoms with Crippen LogP contribution in [-0.2, 0) is 11.3 Å². The smallest absolute Gasteiger partial charge is 0.370 e. The number of alkyl halides is 3. The lowest BCUT2D eigenvalue weighted by atomic mass is 10.1. The van der Waals surface area contributed by atoms with Crippen LogP contribution in [0.15, 0.2) is 53.7 Å². The fourth-order valence-electron chi connectivity index (χ4n) is 3.41. The maximum Gasteiger partial charge on any atom is 0.404 e. The molecule has 0 saturated heterocycles. The molecule has 4 rings (SSSR count). The molecule has 1 unspecified atom stereocenters. The number of carbonyl (C=O) groups excluding carboxylic acids is 1. The molecule has 3 aromatic heterocycles. The van der Waals surface area contributed by atoms with Gasteiger partial charge in [0.1, 0.15) is 18.0 Å². The molecule has 1 aromatic carbocycles. The average molecular weight is 430 g/mol. The first-order valence-electron chi connectivity index (χ1n) is 9.25. The molecule has 1 atom stereocenters. The number of aromatic amines is 1. The molecule has 11 heteroatoms. The van der Waals surface area contributed by atoms with Gasteiger partial charge in [0.25, 0.3) is 5.56 Å². The van der Waals surface area contributed by atoms with Crippen LogP contribution < -0.4 is 16.6 Å². The summed E-state index contributed by atoms with van der Waals surface area (Å²) in [5.74, 6) is -0.649. The van der Waals surface area contributed by atoms with E-state index in [-0.39, 0.29) is 12.1 Å². The van der Waals surface area contributed by atoms with Gasteiger partial charge in [0.2, 0.25) is 5.91 Å². The highest BCUT2D eigenvalue weighted by atomic mass is 19.4. The topological polar surface area (TPSA) is 119 Å². The van der Waals surface area contributed by atoms with Crippen LogP contribution in [0.25, 0.3) is 27.8 Å². The van der Waals surface area contributed by atoms with Crippen LogP contribution in [0.2, 0.25) is 0 Å². The number of primary amides is 1. The summed E-state index contributed by atoms with van der Waals surface area (Å²) in [6.45, 7) is -0.137. The van der Waals surface area contributed by atoms with E-state index in [1.807, 2.05) is 0 Å². The van der Waals surface area contributed by atoms with Gasteiger partial charge in [0.15, 0.2) is 5.82 Å². The lowest BCUT2D eigenvalue weighted by molar-refractivity contribution is -0.161. The fourth-order valence-corrected chi connectivity index (χ4v) is 3.41. The number of halogens is 3. The van der Waals surface area contributed by atoms with Crippen molar-refractivity contribution in [1.29, 1.82) is 0 Å². The number of rotatable bonds is 6. The number of hydrogen-bond acceptors (Lipinski definition) is 5. The summed E-state index contributed by atoms with van der Waals surface area (Å²) in [7, 11) is 0. The lowest BCUT2D eigenvalue weighted by Crippen LogP contribution is -2.44. The molecule has 160 valence electrons. The standard InChI is InChI=1S/C20H17F3N6O2/c21-20(22,23)15(8-16(24)30)26-9-11-1-3-14-12(7-11)2-4-17(31)29(14)19-13-5-6-25-18(13)27-10-28-19/h1-7,10,15,26H,8-9H2,(H2,24,30)(H,25,27,28). The van der Waals surface area contributed by atoms with Crippen LogP contribution in [0.5, 0.6) is 0 Å². The molecular formula is C20H17F3N6O2. The zero-order valence-electron chi connectivity index (χ0n) is 16.0. The van der Waals surface area contributed by atoms with Gasteiger partial charge in [-0.1, -0.05) is 6.07 Å². The molecular weight excluding hydrogens is 413 g/mol. The van der Waals surface area contributed by atoms with Crippen molar-refractivity contribution in [3.05, 3.63) is 64.8 Å². The first-order chi connectivity index (χ1) is 14.7. The third-order valence-electron chi connectivity index (χ3n) is 4.86. The van der Waals surface area contributed by atoms with Crippen LogP contribution in [0.1, 0.15) is 12.0 Å². The Hall–Kier alpha value is -3.73. The van der Waals surface area contributed by atoms with E-state index < -0.39 is 24.5 Å². The van der Waals surface area contributed by atoms with Gasteiger partial charge in [0.05, 0.1) is 17.3 Å². The monoisotopic (exact) mass is 430 g/mol. The van der Waals surface area contributed by atoms with E-state index >= 15 is 0 Å². The van der Waals surface area contributed by atoms with Crippen LogP contribution >= 0.6 is 0 Å². The molecule has 31 heavy (non-hydrogen) atoms. The third kappa shape index (κ3) is 4.12. The maximum absolute atomic E-state index is 13.1. The van der Waals surface area contributed by atoms with Gasteiger partial charge in [0, 0.05) is 18.8 Å². The summed E-state index contributed by atoms with van der Waals surface area (Å²) in [6.07, 6.45) is -2.43. The lowest BCUT2D eigenvalue weighted by Gasteiger charge is -2.20. The van der Waals surface area contributed by atoms with Crippen molar-refractivity contribution in [2.45, 2.75) is 25.2 Å². The number of nitrogens with two attached hydrogens (primary N) is 1. The van der Waals surface area contributed by atoms with Crippen LogP contribution in [0.3, 0.4) is 0 Å². The molecule has 0 bridgehead atoms. The average Bonchev–Trinajstić information content (AvgIpc) is 3.19. The number of amides is 1. The summed E-state index contributed by atoms with van der Waals surface area (Å²) in [5, 5.41) is 3.62. The Balaban J connectivity index is 1.70. The Morgan fingerprint density at radius 2 is 2.00 bits per heavy atom. The van der Waals surface area contributed by atoms with Crippen LogP contribution in [0.4, 0.5) is 13.2 Å². The largest absolute Gasteiger partial charge is 0.404 e. The van der Waals surface area contributed by atoms with E-state index in [2.05, 4.69) is 20.3 Å². The Morgan fingerprint density at radius 1 is 1.19 bits per heavy atom. The summed E-state index contributed by atoms with van der Waals surface area (Å²) in [5.41, 5.74) is 6.28. The number of H-pyrrole nitrogens is 1. The fraction of sp³-hybridized carbons (Fsp3) is 0.200. The number of benzene rings is 1. The molecule has 0 radical (unpaired) electrons. The number of nitrogens with one attached hydrogen (secondary N) is 2. The van der Waals surface area contributed by atoms with E-state index in [1.165, 1.54) is 17.0 Å². The zero-order valence-corrected chi connectivity index (χ0v) is 16.0. The van der Waals surface area contributed by atoms with Crippen molar-refractivity contribution in [2.24, 2.45) is 5.73 Å². The Kier molecular flexibility index (Phi) is 5.19. The third-order valence-corrected chi connectivity index (χ3v) is 4.86. The number of fused-ring (bicyclic) bond motifs is 2. The molecule has 0 aliphatic heterocycles. The predicted octanol–water partition coefficient (Wildman–Crippen LogP) is 2.16. The summed E-state index contributed by atoms with van der Waals surface area (Å²) < 4.78 is 40.7. The maximum atomic E-state index is 13.1. The van der Waals surface area contributed by atoms with E-state index in [0.717, 1.165) is 0 Å². The highest BCUT2D eigenvalue weighted by Crippen LogP contribution is 2.24. The van der Waals surface area contributed by atoms with E-state index in [9.17, 15) is 22.8 Å². The molecule has 4 aromatic rings. The first kappa shape index (κ1) is 20.5. The second-order valence-electron chi connectivity index (χ2n) is 6.98. The molecule has 0 fully saturated rings. The molecule has 0 spiro atoms. The Bertz CT molecular complexity index is 1330. The second kappa shape index (κ2) is 7.84. The van der Waals surface area contributed by atoms with Crippen LogP contribution in [-0.4, -0.2) is 37.6 Å². The zero-order chi connectivity index (χ0) is 22.2. The SMILES string of the molecule is NC(=O)CC(NCc1ccc2c(ccc(=O)n2-c2ncnc3[nH]ccc23)c1)C(F)(F)F. The quantitative estimate of drug-likeness (QED) is 0.433. The van der Waals surface area contributed by atoms with Crippen LogP contribution in [0, 0.1) is 0 Å². The van der Waals surface area contributed by atoms with Gasteiger partial charge in [-0.25, -0.2) is 9.97 Å². The van der Waals surface area contributed by atoms with Crippen molar-refractivity contribution in [3.8, 4) is 5.82 Å². The van der Waals surface area contributed by atoms with Gasteiger partial charge in [-0.15, -0.1) is 0 Å². The molecule has 0 aliphatic rings. The van der Waals surface area contributed by atoms with E-state index in [4.69, 9.17) is 5.73 Å². The molecule has 0 aliphatic carbocycles. The minimum atomic E-state index is -4.61. The number of nitrogens with zero attached hydrogens (tertiary/aromatic N) is 3.